The lowest BCUT2D eigenvalue weighted by atomic mass is 10.0. The minimum absolute atomic E-state index is 0.00466. The van der Waals surface area contributed by atoms with Gasteiger partial charge < -0.3 is 15.0 Å². The zero-order valence-corrected chi connectivity index (χ0v) is 14.4. The Morgan fingerprint density at radius 1 is 1.48 bits per heavy atom. The molecule has 1 aliphatic heterocycles. The zero-order valence-electron chi connectivity index (χ0n) is 14.4. The fourth-order valence-electron chi connectivity index (χ4n) is 3.09. The first-order chi connectivity index (χ1) is 11.0. The normalized spacial score (nSPS) is 19.0. The van der Waals surface area contributed by atoms with Crippen LogP contribution in [0.1, 0.15) is 31.4 Å². The number of benzene rings is 1. The van der Waals surface area contributed by atoms with Gasteiger partial charge in [0, 0.05) is 25.8 Å². The Labute approximate surface area is 138 Å². The van der Waals surface area contributed by atoms with Crippen molar-refractivity contribution < 1.29 is 14.3 Å². The smallest absolute Gasteiger partial charge is 0.229 e. The number of hydrogen-bond donors (Lipinski definition) is 1. The molecule has 0 aliphatic carbocycles. The number of amides is 2. The van der Waals surface area contributed by atoms with Crippen LogP contribution >= 0.6 is 0 Å². The molecule has 0 saturated carbocycles. The molecular formula is C18H26N2O3. The molecule has 0 radical (unpaired) electrons. The highest BCUT2D eigenvalue weighted by molar-refractivity contribution is 5.98. The summed E-state index contributed by atoms with van der Waals surface area (Å²) < 4.78 is 5.11. The number of methoxy groups -OCH3 is 1. The van der Waals surface area contributed by atoms with Gasteiger partial charge in [-0.1, -0.05) is 25.1 Å². The molecule has 1 fully saturated rings. The van der Waals surface area contributed by atoms with Crippen molar-refractivity contribution in [1.29, 1.82) is 0 Å². The van der Waals surface area contributed by atoms with Gasteiger partial charge in [-0.3, -0.25) is 9.59 Å². The van der Waals surface area contributed by atoms with E-state index in [4.69, 9.17) is 4.74 Å². The van der Waals surface area contributed by atoms with Crippen molar-refractivity contribution in [3.63, 3.8) is 0 Å². The quantitative estimate of drug-likeness (QED) is 0.876. The Kier molecular flexibility index (Phi) is 5.77. The van der Waals surface area contributed by atoms with Crippen LogP contribution in [0.3, 0.4) is 0 Å². The van der Waals surface area contributed by atoms with Crippen molar-refractivity contribution >= 4 is 17.5 Å². The number of anilines is 1. The van der Waals surface area contributed by atoms with Crippen LogP contribution in [0.15, 0.2) is 18.2 Å². The summed E-state index contributed by atoms with van der Waals surface area (Å²) in [4.78, 5) is 26.5. The van der Waals surface area contributed by atoms with E-state index >= 15 is 0 Å². The maximum absolute atomic E-state index is 12.6. The van der Waals surface area contributed by atoms with E-state index in [2.05, 4.69) is 12.2 Å². The molecule has 2 amide bonds. The van der Waals surface area contributed by atoms with Gasteiger partial charge in [0.1, 0.15) is 0 Å². The Balaban J connectivity index is 2.07. The van der Waals surface area contributed by atoms with Gasteiger partial charge in [-0.2, -0.15) is 0 Å². The molecule has 0 aromatic heterocycles. The summed E-state index contributed by atoms with van der Waals surface area (Å²) in [6.45, 7) is 6.94. The fraction of sp³-hybridized carbons (Fsp3) is 0.556. The van der Waals surface area contributed by atoms with E-state index in [-0.39, 0.29) is 30.2 Å². The molecule has 2 rings (SSSR count). The van der Waals surface area contributed by atoms with Crippen LogP contribution in [0.2, 0.25) is 0 Å². The summed E-state index contributed by atoms with van der Waals surface area (Å²) in [5.74, 6) is -0.351. The van der Waals surface area contributed by atoms with Crippen molar-refractivity contribution in [3.05, 3.63) is 29.3 Å². The molecule has 2 atom stereocenters. The van der Waals surface area contributed by atoms with Gasteiger partial charge in [-0.15, -0.1) is 0 Å². The fourth-order valence-corrected chi connectivity index (χ4v) is 3.09. The number of rotatable bonds is 6. The third-order valence-electron chi connectivity index (χ3n) is 4.46. The summed E-state index contributed by atoms with van der Waals surface area (Å²) in [7, 11) is 1.62. The lowest BCUT2D eigenvalue weighted by molar-refractivity contribution is -0.130. The SMILES string of the molecule is CCc1cccc(C)c1NC(=O)[C@@H]1CC(=O)N([C@H](C)COC)C1. The molecule has 1 heterocycles. The molecule has 1 aromatic rings. The average molecular weight is 318 g/mol. The molecule has 0 spiro atoms. The summed E-state index contributed by atoms with van der Waals surface area (Å²) in [5.41, 5.74) is 3.05. The Morgan fingerprint density at radius 2 is 2.22 bits per heavy atom. The minimum Gasteiger partial charge on any atom is -0.383 e. The summed E-state index contributed by atoms with van der Waals surface area (Å²) >= 11 is 0. The van der Waals surface area contributed by atoms with Crippen LogP contribution < -0.4 is 5.32 Å². The second kappa shape index (κ2) is 7.59. The van der Waals surface area contributed by atoms with Crippen LogP contribution in [0, 0.1) is 12.8 Å². The van der Waals surface area contributed by atoms with Crippen LogP contribution in [0.4, 0.5) is 5.69 Å². The molecule has 5 nitrogen and oxygen atoms in total. The van der Waals surface area contributed by atoms with E-state index < -0.39 is 0 Å². The van der Waals surface area contributed by atoms with E-state index in [0.29, 0.717) is 13.2 Å². The molecule has 126 valence electrons. The van der Waals surface area contributed by atoms with Gasteiger partial charge >= 0.3 is 0 Å². The predicted molar refractivity (Wildman–Crippen MR) is 90.3 cm³/mol. The van der Waals surface area contributed by atoms with Gasteiger partial charge in [0.05, 0.1) is 18.6 Å². The molecule has 0 bridgehead atoms. The number of carbonyl (C=O) groups excluding carboxylic acids is 2. The van der Waals surface area contributed by atoms with Crippen molar-refractivity contribution in [3.8, 4) is 0 Å². The lowest BCUT2D eigenvalue weighted by Crippen LogP contribution is -2.38. The maximum Gasteiger partial charge on any atom is 0.229 e. The Hall–Kier alpha value is -1.88. The number of likely N-dealkylation sites (tertiary alicyclic amines) is 1. The number of ether oxygens (including phenoxy) is 1. The van der Waals surface area contributed by atoms with Crippen LogP contribution in [0.5, 0.6) is 0 Å². The molecule has 23 heavy (non-hydrogen) atoms. The minimum atomic E-state index is -0.300. The number of nitrogens with zero attached hydrogens (tertiary/aromatic N) is 1. The lowest BCUT2D eigenvalue weighted by Gasteiger charge is -2.24. The summed E-state index contributed by atoms with van der Waals surface area (Å²) in [5, 5.41) is 3.03. The first kappa shape index (κ1) is 17.5. The third-order valence-corrected chi connectivity index (χ3v) is 4.46. The van der Waals surface area contributed by atoms with Gasteiger partial charge in [0.2, 0.25) is 11.8 Å². The number of hydrogen-bond acceptors (Lipinski definition) is 3. The molecule has 1 N–H and O–H groups in total. The molecule has 0 unspecified atom stereocenters. The van der Waals surface area contributed by atoms with Crippen molar-refractivity contribution in [2.45, 2.75) is 39.7 Å². The van der Waals surface area contributed by atoms with E-state index in [1.165, 1.54) is 0 Å². The second-order valence-electron chi connectivity index (χ2n) is 6.20. The van der Waals surface area contributed by atoms with E-state index in [1.807, 2.05) is 32.0 Å². The Bertz CT molecular complexity index is 586. The third kappa shape index (κ3) is 3.91. The number of nitrogens with one attached hydrogen (secondary N) is 1. The highest BCUT2D eigenvalue weighted by atomic mass is 16.5. The molecule has 5 heteroatoms. The highest BCUT2D eigenvalue weighted by Gasteiger charge is 2.36. The standard InChI is InChI=1S/C18H26N2O3/c1-5-14-8-6-7-12(2)17(14)19-18(22)15-9-16(21)20(10-15)13(3)11-23-4/h6-8,13,15H,5,9-11H2,1-4H3,(H,19,22)/t13-,15-/m1/s1. The monoisotopic (exact) mass is 318 g/mol. The van der Waals surface area contributed by atoms with Gasteiger partial charge in [0.25, 0.3) is 0 Å². The molecular weight excluding hydrogens is 292 g/mol. The average Bonchev–Trinajstić information content (AvgIpc) is 2.91. The number of carbonyl (C=O) groups is 2. The van der Waals surface area contributed by atoms with Crippen molar-refractivity contribution in [1.82, 2.24) is 4.90 Å². The van der Waals surface area contributed by atoms with Gasteiger partial charge in [-0.25, -0.2) is 0 Å². The Morgan fingerprint density at radius 3 is 2.87 bits per heavy atom. The second-order valence-corrected chi connectivity index (χ2v) is 6.20. The molecule has 1 saturated heterocycles. The largest absolute Gasteiger partial charge is 0.383 e. The van der Waals surface area contributed by atoms with Crippen molar-refractivity contribution in [2.75, 3.05) is 25.6 Å². The first-order valence-electron chi connectivity index (χ1n) is 8.15. The number of aryl methyl sites for hydroxylation is 2. The topological polar surface area (TPSA) is 58.6 Å². The van der Waals surface area contributed by atoms with Gasteiger partial charge in [0.15, 0.2) is 0 Å². The molecule has 1 aromatic carbocycles. The van der Waals surface area contributed by atoms with Gasteiger partial charge in [-0.05, 0) is 31.4 Å². The highest BCUT2D eigenvalue weighted by Crippen LogP contribution is 2.25. The van der Waals surface area contributed by atoms with E-state index in [1.54, 1.807) is 12.0 Å². The summed E-state index contributed by atoms with van der Waals surface area (Å²) in [6.07, 6.45) is 1.13. The van der Waals surface area contributed by atoms with Crippen LogP contribution in [-0.4, -0.2) is 43.0 Å². The van der Waals surface area contributed by atoms with Crippen LogP contribution in [-0.2, 0) is 20.7 Å². The van der Waals surface area contributed by atoms with Crippen LogP contribution in [0.25, 0.3) is 0 Å². The first-order valence-corrected chi connectivity index (χ1v) is 8.15. The summed E-state index contributed by atoms with van der Waals surface area (Å²) in [6, 6.07) is 6.00. The van der Waals surface area contributed by atoms with E-state index in [0.717, 1.165) is 23.2 Å². The molecule has 1 aliphatic rings. The van der Waals surface area contributed by atoms with E-state index in [9.17, 15) is 9.59 Å². The predicted octanol–water partition coefficient (Wildman–Crippen LogP) is 2.38. The zero-order chi connectivity index (χ0) is 17.0. The maximum atomic E-state index is 12.6. The number of para-hydroxylation sites is 1. The van der Waals surface area contributed by atoms with Crippen molar-refractivity contribution in [2.24, 2.45) is 5.92 Å².